The van der Waals surface area contributed by atoms with E-state index in [9.17, 15) is 13.2 Å². The highest BCUT2D eigenvalue weighted by Crippen LogP contribution is 2.21. The second-order valence-electron chi connectivity index (χ2n) is 6.92. The van der Waals surface area contributed by atoms with Gasteiger partial charge in [-0.1, -0.05) is 25.1 Å². The van der Waals surface area contributed by atoms with Gasteiger partial charge in [0, 0.05) is 17.6 Å². The lowest BCUT2D eigenvalue weighted by Gasteiger charge is -2.18. The number of carbonyl (C=O) groups is 1. The summed E-state index contributed by atoms with van der Waals surface area (Å²) in [7, 11) is -3.85. The Bertz CT molecular complexity index is 1160. The minimum atomic E-state index is -3.85. The number of aromatic nitrogens is 2. The van der Waals surface area contributed by atoms with Gasteiger partial charge >= 0.3 is 0 Å². The molecule has 1 heterocycles. The molecule has 0 aliphatic heterocycles. The van der Waals surface area contributed by atoms with Crippen LogP contribution < -0.4 is 14.8 Å². The normalized spacial score (nSPS) is 12.1. The number of aryl methyl sites for hydroxylation is 2. The molecule has 2 aromatic carbocycles. The van der Waals surface area contributed by atoms with Crippen molar-refractivity contribution in [2.45, 2.75) is 38.2 Å². The summed E-state index contributed by atoms with van der Waals surface area (Å²) < 4.78 is 33.3. The summed E-state index contributed by atoms with van der Waals surface area (Å²) in [6, 6.07) is 15.0. The Balaban J connectivity index is 1.67. The summed E-state index contributed by atoms with van der Waals surface area (Å²) in [4.78, 5) is 20.6. The molecular formula is C22H24N4O4S. The molecule has 0 fully saturated rings. The molecule has 1 amide bonds. The third-order valence-electron chi connectivity index (χ3n) is 4.48. The van der Waals surface area contributed by atoms with Crippen molar-refractivity contribution in [1.82, 2.24) is 9.97 Å². The number of ether oxygens (including phenoxy) is 1. The van der Waals surface area contributed by atoms with Gasteiger partial charge < -0.3 is 10.1 Å². The predicted molar refractivity (Wildman–Crippen MR) is 119 cm³/mol. The van der Waals surface area contributed by atoms with Crippen molar-refractivity contribution in [3.8, 4) is 5.75 Å². The maximum absolute atomic E-state index is 12.6. The molecule has 1 atom stereocenters. The molecule has 31 heavy (non-hydrogen) atoms. The highest BCUT2D eigenvalue weighted by atomic mass is 32.2. The summed E-state index contributed by atoms with van der Waals surface area (Å²) in [5.74, 6) is 0.333. The van der Waals surface area contributed by atoms with E-state index < -0.39 is 16.1 Å². The van der Waals surface area contributed by atoms with Crippen LogP contribution in [0.25, 0.3) is 0 Å². The van der Waals surface area contributed by atoms with Crippen molar-refractivity contribution >= 4 is 27.6 Å². The van der Waals surface area contributed by atoms with Gasteiger partial charge in [0.2, 0.25) is 5.95 Å². The smallest absolute Gasteiger partial charge is 0.265 e. The zero-order valence-electron chi connectivity index (χ0n) is 17.5. The van der Waals surface area contributed by atoms with E-state index >= 15 is 0 Å². The molecule has 0 saturated heterocycles. The zero-order chi connectivity index (χ0) is 22.4. The molecule has 162 valence electrons. The van der Waals surface area contributed by atoms with Gasteiger partial charge in [0.05, 0.1) is 4.90 Å². The molecule has 0 unspecified atom stereocenters. The van der Waals surface area contributed by atoms with Crippen LogP contribution in [0.2, 0.25) is 0 Å². The quantitative estimate of drug-likeness (QED) is 0.553. The van der Waals surface area contributed by atoms with E-state index in [0.717, 1.165) is 5.56 Å². The molecule has 3 aromatic rings. The van der Waals surface area contributed by atoms with Crippen molar-refractivity contribution in [1.29, 1.82) is 0 Å². The van der Waals surface area contributed by atoms with Gasteiger partial charge in [-0.25, -0.2) is 23.1 Å². The average Bonchev–Trinajstić information content (AvgIpc) is 2.73. The third kappa shape index (κ3) is 5.79. The first-order valence-corrected chi connectivity index (χ1v) is 11.2. The Hall–Kier alpha value is -3.46. The molecule has 0 saturated carbocycles. The number of para-hydroxylation sites is 1. The first-order chi connectivity index (χ1) is 14.8. The maximum Gasteiger partial charge on any atom is 0.265 e. The van der Waals surface area contributed by atoms with Crippen LogP contribution in [-0.2, 0) is 14.8 Å². The molecule has 0 aliphatic carbocycles. The molecule has 0 radical (unpaired) electrons. The van der Waals surface area contributed by atoms with Crippen molar-refractivity contribution in [3.63, 3.8) is 0 Å². The lowest BCUT2D eigenvalue weighted by atomic mass is 10.2. The highest BCUT2D eigenvalue weighted by Gasteiger charge is 2.20. The van der Waals surface area contributed by atoms with Crippen LogP contribution >= 0.6 is 0 Å². The zero-order valence-corrected chi connectivity index (χ0v) is 18.3. The summed E-state index contributed by atoms with van der Waals surface area (Å²) >= 11 is 0. The van der Waals surface area contributed by atoms with Crippen LogP contribution in [0.4, 0.5) is 11.6 Å². The molecule has 3 rings (SSSR count). The molecule has 2 N–H and O–H groups in total. The second-order valence-corrected chi connectivity index (χ2v) is 8.60. The van der Waals surface area contributed by atoms with Crippen LogP contribution in [0.3, 0.4) is 0 Å². The van der Waals surface area contributed by atoms with Crippen LogP contribution in [0.1, 0.15) is 24.6 Å². The maximum atomic E-state index is 12.6. The minimum absolute atomic E-state index is 0.00322. The van der Waals surface area contributed by atoms with E-state index in [1.54, 1.807) is 13.0 Å². The first kappa shape index (κ1) is 22.2. The van der Waals surface area contributed by atoms with Crippen LogP contribution in [0.15, 0.2) is 65.7 Å². The van der Waals surface area contributed by atoms with Gasteiger partial charge in [-0.2, -0.15) is 0 Å². The van der Waals surface area contributed by atoms with Crippen molar-refractivity contribution in [2.75, 3.05) is 10.0 Å². The molecular weight excluding hydrogens is 416 g/mol. The number of nitrogens with one attached hydrogen (secondary N) is 2. The number of nitrogens with zero attached hydrogens (tertiary/aromatic N) is 2. The number of carbonyl (C=O) groups excluding carboxylic acids is 1. The number of sulfonamides is 1. The summed E-state index contributed by atoms with van der Waals surface area (Å²) in [5.41, 5.74) is 2.04. The van der Waals surface area contributed by atoms with Crippen LogP contribution in [-0.4, -0.2) is 30.4 Å². The van der Waals surface area contributed by atoms with E-state index in [0.29, 0.717) is 23.6 Å². The monoisotopic (exact) mass is 440 g/mol. The Kier molecular flexibility index (Phi) is 6.86. The van der Waals surface area contributed by atoms with Gasteiger partial charge in [0.15, 0.2) is 6.10 Å². The number of hydrogen-bond acceptors (Lipinski definition) is 6. The SMILES string of the molecule is CC[C@@H](Oc1ccccc1C)C(=O)Nc1ccc(S(=O)(=O)Nc2nccc(C)n2)cc1. The summed E-state index contributed by atoms with van der Waals surface area (Å²) in [5, 5.41) is 2.76. The highest BCUT2D eigenvalue weighted by molar-refractivity contribution is 7.92. The fraction of sp³-hybridized carbons (Fsp3) is 0.227. The van der Waals surface area contributed by atoms with Gasteiger partial charge in [-0.05, 0) is 62.2 Å². The second kappa shape index (κ2) is 9.57. The number of anilines is 2. The number of rotatable bonds is 8. The first-order valence-electron chi connectivity index (χ1n) is 9.74. The van der Waals surface area contributed by atoms with Crippen LogP contribution in [0.5, 0.6) is 5.75 Å². The Morgan fingerprint density at radius 2 is 1.77 bits per heavy atom. The third-order valence-corrected chi connectivity index (χ3v) is 5.82. The largest absolute Gasteiger partial charge is 0.480 e. The number of hydrogen-bond donors (Lipinski definition) is 2. The van der Waals surface area contributed by atoms with E-state index in [2.05, 4.69) is 20.0 Å². The average molecular weight is 441 g/mol. The van der Waals surface area contributed by atoms with Crippen molar-refractivity contribution in [3.05, 3.63) is 72.1 Å². The lowest BCUT2D eigenvalue weighted by molar-refractivity contribution is -0.122. The topological polar surface area (TPSA) is 110 Å². The van der Waals surface area contributed by atoms with Gasteiger partial charge in [-0.15, -0.1) is 0 Å². The summed E-state index contributed by atoms with van der Waals surface area (Å²) in [6.45, 7) is 5.51. The van der Waals surface area contributed by atoms with Gasteiger partial charge in [0.25, 0.3) is 15.9 Å². The Labute approximate surface area is 181 Å². The van der Waals surface area contributed by atoms with E-state index in [-0.39, 0.29) is 16.8 Å². The molecule has 1 aromatic heterocycles. The van der Waals surface area contributed by atoms with E-state index in [4.69, 9.17) is 4.74 Å². The Morgan fingerprint density at radius 1 is 1.06 bits per heavy atom. The predicted octanol–water partition coefficient (Wildman–Crippen LogP) is 3.69. The summed E-state index contributed by atoms with van der Waals surface area (Å²) in [6.07, 6.45) is 1.28. The fourth-order valence-electron chi connectivity index (χ4n) is 2.78. The standard InChI is InChI=1S/C22H24N4O4S/c1-4-19(30-20-8-6-5-7-15(20)2)21(27)25-17-9-11-18(12-10-17)31(28,29)26-22-23-14-13-16(3)24-22/h5-14,19H,4H2,1-3H3,(H,25,27)(H,23,24,26)/t19-/m1/s1. The van der Waals surface area contributed by atoms with Crippen molar-refractivity contribution < 1.29 is 17.9 Å². The van der Waals surface area contributed by atoms with Crippen molar-refractivity contribution in [2.24, 2.45) is 0 Å². The number of amides is 1. The minimum Gasteiger partial charge on any atom is -0.480 e. The van der Waals surface area contributed by atoms with E-state index in [1.165, 1.54) is 30.5 Å². The van der Waals surface area contributed by atoms with Gasteiger partial charge in [0.1, 0.15) is 5.75 Å². The number of benzene rings is 2. The molecule has 0 bridgehead atoms. The van der Waals surface area contributed by atoms with Gasteiger partial charge in [-0.3, -0.25) is 4.79 Å². The molecule has 8 nitrogen and oxygen atoms in total. The Morgan fingerprint density at radius 3 is 2.42 bits per heavy atom. The van der Waals surface area contributed by atoms with E-state index in [1.807, 2.05) is 38.1 Å². The fourth-order valence-corrected chi connectivity index (χ4v) is 3.73. The van der Waals surface area contributed by atoms with Crippen LogP contribution in [0, 0.1) is 13.8 Å². The molecule has 9 heteroatoms. The molecule has 0 aliphatic rings. The molecule has 0 spiro atoms. The lowest BCUT2D eigenvalue weighted by Crippen LogP contribution is -2.32.